The Balaban J connectivity index is 1.64. The topological polar surface area (TPSA) is 90.0 Å². The van der Waals surface area contributed by atoms with E-state index >= 15 is 0 Å². The number of hydrogen-bond acceptors (Lipinski definition) is 5. The maximum absolute atomic E-state index is 13.8. The van der Waals surface area contributed by atoms with Crippen LogP contribution in [0.25, 0.3) is 22.8 Å². The molecule has 33 heavy (non-hydrogen) atoms. The van der Waals surface area contributed by atoms with Crippen molar-refractivity contribution >= 4 is 23.2 Å². The van der Waals surface area contributed by atoms with Crippen LogP contribution in [0.15, 0.2) is 57.8 Å². The van der Waals surface area contributed by atoms with E-state index in [0.29, 0.717) is 33.1 Å². The Morgan fingerprint density at radius 3 is 2.64 bits per heavy atom. The van der Waals surface area contributed by atoms with Gasteiger partial charge in [0, 0.05) is 22.0 Å². The van der Waals surface area contributed by atoms with Gasteiger partial charge in [-0.2, -0.15) is 4.98 Å². The van der Waals surface area contributed by atoms with Crippen molar-refractivity contribution in [3.63, 3.8) is 0 Å². The molecular weight excluding hydrogens is 447 g/mol. The van der Waals surface area contributed by atoms with Crippen LogP contribution in [0.2, 0.25) is 5.02 Å². The van der Waals surface area contributed by atoms with Crippen molar-refractivity contribution in [3.05, 3.63) is 86.5 Å². The quantitative estimate of drug-likeness (QED) is 0.450. The number of aryl methyl sites for hydroxylation is 3. The molecule has 0 saturated carbocycles. The van der Waals surface area contributed by atoms with Crippen molar-refractivity contribution in [2.45, 2.75) is 27.3 Å². The van der Waals surface area contributed by atoms with Crippen molar-refractivity contribution in [2.24, 2.45) is 0 Å². The molecule has 4 aromatic rings. The number of amides is 1. The third kappa shape index (κ3) is 4.70. The van der Waals surface area contributed by atoms with Gasteiger partial charge in [-0.05, 0) is 62.2 Å². The highest BCUT2D eigenvalue weighted by molar-refractivity contribution is 6.30. The molecule has 0 radical (unpaired) electrons. The zero-order valence-corrected chi connectivity index (χ0v) is 18.9. The van der Waals surface area contributed by atoms with Gasteiger partial charge in [0.05, 0.1) is 0 Å². The van der Waals surface area contributed by atoms with Crippen LogP contribution in [-0.4, -0.2) is 20.6 Å². The number of pyridine rings is 1. The molecule has 2 aromatic heterocycles. The summed E-state index contributed by atoms with van der Waals surface area (Å²) in [6.45, 7) is 4.85. The molecule has 1 N–H and O–H groups in total. The van der Waals surface area contributed by atoms with Gasteiger partial charge in [-0.3, -0.25) is 9.59 Å². The monoisotopic (exact) mass is 466 g/mol. The van der Waals surface area contributed by atoms with Gasteiger partial charge in [0.2, 0.25) is 11.7 Å². The Morgan fingerprint density at radius 2 is 1.91 bits per heavy atom. The van der Waals surface area contributed by atoms with Gasteiger partial charge in [0.1, 0.15) is 17.9 Å². The number of hydrogen-bond donors (Lipinski definition) is 1. The smallest absolute Gasteiger partial charge is 0.264 e. The number of carbonyl (C=O) groups excluding carboxylic acids is 1. The van der Waals surface area contributed by atoms with Gasteiger partial charge in [0.15, 0.2) is 0 Å². The highest BCUT2D eigenvalue weighted by atomic mass is 35.5. The second-order valence-corrected chi connectivity index (χ2v) is 8.12. The molecule has 0 spiro atoms. The number of halogens is 2. The highest BCUT2D eigenvalue weighted by Gasteiger charge is 2.20. The molecular formula is C24H20ClFN4O3. The van der Waals surface area contributed by atoms with E-state index in [9.17, 15) is 14.0 Å². The third-order valence-electron chi connectivity index (χ3n) is 5.18. The Labute approximate surface area is 193 Å². The first-order valence-electron chi connectivity index (χ1n) is 10.1. The number of nitrogens with one attached hydrogen (secondary N) is 1. The fourth-order valence-corrected chi connectivity index (χ4v) is 3.66. The van der Waals surface area contributed by atoms with Crippen molar-refractivity contribution in [3.8, 4) is 22.8 Å². The Morgan fingerprint density at radius 1 is 1.12 bits per heavy atom. The number of benzene rings is 2. The van der Waals surface area contributed by atoms with Gasteiger partial charge < -0.3 is 14.4 Å². The van der Waals surface area contributed by atoms with Crippen LogP contribution in [0, 0.1) is 26.6 Å². The average Bonchev–Trinajstić information content (AvgIpc) is 3.23. The van der Waals surface area contributed by atoms with Gasteiger partial charge in [-0.1, -0.05) is 35.0 Å². The molecule has 0 aliphatic rings. The lowest BCUT2D eigenvalue weighted by atomic mass is 10.1. The molecule has 9 heteroatoms. The van der Waals surface area contributed by atoms with E-state index in [1.54, 1.807) is 63.2 Å². The summed E-state index contributed by atoms with van der Waals surface area (Å²) < 4.78 is 20.5. The molecule has 1 amide bonds. The molecule has 0 atom stereocenters. The Kier molecular flexibility index (Phi) is 6.11. The minimum atomic E-state index is -0.469. The van der Waals surface area contributed by atoms with Crippen molar-refractivity contribution in [1.29, 1.82) is 0 Å². The molecule has 0 saturated heterocycles. The molecule has 0 aliphatic heterocycles. The minimum Gasteiger partial charge on any atom is -0.333 e. The predicted molar refractivity (Wildman–Crippen MR) is 124 cm³/mol. The zero-order chi connectivity index (χ0) is 23.7. The largest absolute Gasteiger partial charge is 0.333 e. The fourth-order valence-electron chi connectivity index (χ4n) is 3.47. The molecule has 4 rings (SSSR count). The molecule has 2 aromatic carbocycles. The summed E-state index contributed by atoms with van der Waals surface area (Å²) in [7, 11) is 0. The van der Waals surface area contributed by atoms with Crippen LogP contribution in [-0.2, 0) is 11.3 Å². The lowest BCUT2D eigenvalue weighted by molar-refractivity contribution is -0.116. The Bertz CT molecular complexity index is 1430. The molecule has 2 heterocycles. The summed E-state index contributed by atoms with van der Waals surface area (Å²) >= 11 is 6.03. The average molecular weight is 467 g/mol. The first-order valence-corrected chi connectivity index (χ1v) is 10.5. The zero-order valence-electron chi connectivity index (χ0n) is 18.1. The first-order chi connectivity index (χ1) is 15.7. The van der Waals surface area contributed by atoms with Crippen molar-refractivity contribution in [1.82, 2.24) is 14.7 Å². The van der Waals surface area contributed by atoms with Crippen molar-refractivity contribution < 1.29 is 13.7 Å². The number of carbonyl (C=O) groups is 1. The Hall–Kier alpha value is -3.78. The third-order valence-corrected chi connectivity index (χ3v) is 5.42. The van der Waals surface area contributed by atoms with Gasteiger partial charge in [-0.25, -0.2) is 4.39 Å². The fraction of sp³-hybridized carbons (Fsp3) is 0.167. The van der Waals surface area contributed by atoms with E-state index in [-0.39, 0.29) is 23.8 Å². The van der Waals surface area contributed by atoms with Gasteiger partial charge in [-0.15, -0.1) is 0 Å². The lowest BCUT2D eigenvalue weighted by Crippen LogP contribution is -2.30. The van der Waals surface area contributed by atoms with Crippen LogP contribution in [0.3, 0.4) is 0 Å². The summed E-state index contributed by atoms with van der Waals surface area (Å²) in [5.74, 6) is -0.561. The summed E-state index contributed by atoms with van der Waals surface area (Å²) in [6.07, 6.45) is 0. The maximum atomic E-state index is 13.8. The molecule has 7 nitrogen and oxygen atoms in total. The summed E-state index contributed by atoms with van der Waals surface area (Å²) in [6, 6.07) is 13.1. The summed E-state index contributed by atoms with van der Waals surface area (Å²) in [5, 5.41) is 7.10. The van der Waals surface area contributed by atoms with Crippen molar-refractivity contribution in [2.75, 3.05) is 5.32 Å². The number of anilines is 1. The summed E-state index contributed by atoms with van der Waals surface area (Å²) in [5.41, 5.74) is 2.41. The molecule has 0 aliphatic carbocycles. The standard InChI is InChI=1S/C24H20ClFN4O3/c1-13-7-8-18(11-19(13)26)27-20(31)12-30-15(3)9-14(2)21(24(30)32)23-28-22(29-33-23)16-5-4-6-17(25)10-16/h4-11H,12H2,1-3H3,(H,27,31). The van der Waals surface area contributed by atoms with E-state index < -0.39 is 17.3 Å². The van der Waals surface area contributed by atoms with Crippen LogP contribution in [0.5, 0.6) is 0 Å². The SMILES string of the molecule is Cc1ccc(NC(=O)Cn2c(C)cc(C)c(-c3nc(-c4cccc(Cl)c4)no3)c2=O)cc1F. The number of nitrogens with zero attached hydrogens (tertiary/aromatic N) is 3. The van der Waals surface area contributed by atoms with Crippen LogP contribution < -0.4 is 10.9 Å². The van der Waals surface area contributed by atoms with Gasteiger partial charge >= 0.3 is 0 Å². The highest BCUT2D eigenvalue weighted by Crippen LogP contribution is 2.24. The first kappa shape index (κ1) is 22.4. The minimum absolute atomic E-state index is 0.0437. The second-order valence-electron chi connectivity index (χ2n) is 7.68. The second kappa shape index (κ2) is 8.99. The molecule has 0 fully saturated rings. The number of rotatable bonds is 5. The lowest BCUT2D eigenvalue weighted by Gasteiger charge is -2.13. The summed E-state index contributed by atoms with van der Waals surface area (Å²) in [4.78, 5) is 30.2. The van der Waals surface area contributed by atoms with E-state index in [4.69, 9.17) is 16.1 Å². The van der Waals surface area contributed by atoms with Crippen LogP contribution in [0.1, 0.15) is 16.8 Å². The van der Waals surface area contributed by atoms with E-state index in [1.165, 1.54) is 10.6 Å². The van der Waals surface area contributed by atoms with E-state index in [2.05, 4.69) is 15.5 Å². The molecule has 0 bridgehead atoms. The van der Waals surface area contributed by atoms with E-state index in [0.717, 1.165) is 0 Å². The maximum Gasteiger partial charge on any atom is 0.264 e. The van der Waals surface area contributed by atoms with Crippen LogP contribution >= 0.6 is 11.6 Å². The van der Waals surface area contributed by atoms with Crippen LogP contribution in [0.4, 0.5) is 10.1 Å². The normalized spacial score (nSPS) is 10.9. The molecule has 168 valence electrons. The predicted octanol–water partition coefficient (Wildman–Crippen LogP) is 4.92. The molecule has 0 unspecified atom stereocenters. The van der Waals surface area contributed by atoms with E-state index in [1.807, 2.05) is 0 Å². The van der Waals surface area contributed by atoms with Gasteiger partial charge in [0.25, 0.3) is 11.4 Å². The number of aromatic nitrogens is 3.